The lowest BCUT2D eigenvalue weighted by Gasteiger charge is -1.95. The molecule has 0 spiro atoms. The lowest BCUT2D eigenvalue weighted by Crippen LogP contribution is -1.70. The Balaban J connectivity index is 2.46. The van der Waals surface area contributed by atoms with Crippen molar-refractivity contribution in [2.24, 2.45) is 0 Å². The highest BCUT2D eigenvalue weighted by atomic mass is 32.2. The van der Waals surface area contributed by atoms with Crippen LogP contribution in [0.3, 0.4) is 0 Å². The van der Waals surface area contributed by atoms with Gasteiger partial charge in [0.05, 0.1) is 0 Å². The van der Waals surface area contributed by atoms with Crippen LogP contribution in [0.4, 0.5) is 0 Å². The van der Waals surface area contributed by atoms with Crippen LogP contribution in [0, 0.1) is 0 Å². The van der Waals surface area contributed by atoms with Crippen LogP contribution in [0.2, 0.25) is 0 Å². The third-order valence-electron chi connectivity index (χ3n) is 2.71. The van der Waals surface area contributed by atoms with Gasteiger partial charge in [-0.15, -0.1) is 11.8 Å². The highest BCUT2D eigenvalue weighted by Crippen LogP contribution is 2.28. The van der Waals surface area contributed by atoms with E-state index in [1.165, 1.54) is 26.7 Å². The second kappa shape index (κ2) is 3.31. The van der Waals surface area contributed by atoms with Crippen molar-refractivity contribution < 1.29 is 0 Å². The minimum Gasteiger partial charge on any atom is -0.355 e. The molecule has 0 atom stereocenters. The van der Waals surface area contributed by atoms with Gasteiger partial charge in [0.1, 0.15) is 0 Å². The number of thioether (sulfide) groups is 1. The summed E-state index contributed by atoms with van der Waals surface area (Å²) in [6.07, 6.45) is 2.11. The molecule has 0 aliphatic heterocycles. The van der Waals surface area contributed by atoms with Crippen LogP contribution in [-0.4, -0.2) is 11.2 Å². The number of fused-ring (bicyclic) bond motifs is 3. The molecule has 1 heterocycles. The highest BCUT2D eigenvalue weighted by Gasteiger charge is 2.03. The number of benzene rings is 2. The number of aromatic nitrogens is 1. The van der Waals surface area contributed by atoms with Crippen molar-refractivity contribution in [1.29, 1.82) is 0 Å². The zero-order chi connectivity index (χ0) is 10.3. The second-order valence-corrected chi connectivity index (χ2v) is 4.46. The maximum atomic E-state index is 3.42. The van der Waals surface area contributed by atoms with Gasteiger partial charge < -0.3 is 4.98 Å². The highest BCUT2D eigenvalue weighted by molar-refractivity contribution is 7.98. The van der Waals surface area contributed by atoms with Crippen LogP contribution in [0.15, 0.2) is 47.4 Å². The molecule has 0 saturated heterocycles. The molecule has 1 aromatic heterocycles. The van der Waals surface area contributed by atoms with E-state index in [4.69, 9.17) is 0 Å². The summed E-state index contributed by atoms with van der Waals surface area (Å²) in [6.45, 7) is 0. The Morgan fingerprint density at radius 3 is 2.60 bits per heavy atom. The molecule has 0 aliphatic rings. The first-order valence-corrected chi connectivity index (χ1v) is 6.15. The minimum absolute atomic E-state index is 1.21. The fourth-order valence-electron chi connectivity index (χ4n) is 1.95. The second-order valence-electron chi connectivity index (χ2n) is 3.58. The minimum atomic E-state index is 1.21. The largest absolute Gasteiger partial charge is 0.355 e. The third-order valence-corrected chi connectivity index (χ3v) is 3.44. The fraction of sp³-hybridized carbons (Fsp3) is 0.0769. The number of rotatable bonds is 1. The lowest BCUT2D eigenvalue weighted by molar-refractivity contribution is 1.48. The molecule has 15 heavy (non-hydrogen) atoms. The Bertz CT molecular complexity index is 625. The molecule has 0 amide bonds. The molecule has 74 valence electrons. The van der Waals surface area contributed by atoms with E-state index < -0.39 is 0 Å². The first-order valence-electron chi connectivity index (χ1n) is 4.93. The summed E-state index contributed by atoms with van der Waals surface area (Å²) in [6, 6.07) is 15.0. The van der Waals surface area contributed by atoms with Crippen molar-refractivity contribution in [2.45, 2.75) is 4.90 Å². The summed E-state index contributed by atoms with van der Waals surface area (Å²) in [7, 11) is 0. The molecule has 0 radical (unpaired) electrons. The summed E-state index contributed by atoms with van der Waals surface area (Å²) in [4.78, 5) is 4.73. The molecule has 2 heteroatoms. The monoisotopic (exact) mass is 213 g/mol. The van der Waals surface area contributed by atoms with Crippen LogP contribution in [0.5, 0.6) is 0 Å². The van der Waals surface area contributed by atoms with E-state index in [1.54, 1.807) is 11.8 Å². The van der Waals surface area contributed by atoms with Gasteiger partial charge in [0.25, 0.3) is 0 Å². The Morgan fingerprint density at radius 2 is 1.73 bits per heavy atom. The van der Waals surface area contributed by atoms with Gasteiger partial charge in [-0.2, -0.15) is 0 Å². The first-order chi connectivity index (χ1) is 7.38. The fourth-order valence-corrected chi connectivity index (χ4v) is 2.39. The van der Waals surface area contributed by atoms with Crippen LogP contribution >= 0.6 is 11.8 Å². The van der Waals surface area contributed by atoms with Crippen molar-refractivity contribution in [3.8, 4) is 0 Å². The molecule has 3 aromatic rings. The summed E-state index contributed by atoms with van der Waals surface area (Å²) in [5, 5.41) is 2.63. The van der Waals surface area contributed by atoms with Crippen LogP contribution in [-0.2, 0) is 0 Å². The van der Waals surface area contributed by atoms with Crippen molar-refractivity contribution in [2.75, 3.05) is 6.26 Å². The van der Waals surface area contributed by atoms with Gasteiger partial charge in [-0.1, -0.05) is 18.2 Å². The molecular formula is C13H11NS. The smallest absolute Gasteiger partial charge is 0.0465 e. The Kier molecular flexibility index (Phi) is 1.96. The normalized spacial score (nSPS) is 11.3. The summed E-state index contributed by atoms with van der Waals surface area (Å²) < 4.78 is 0. The zero-order valence-corrected chi connectivity index (χ0v) is 9.27. The average molecular weight is 213 g/mol. The number of nitrogens with one attached hydrogen (secondary N) is 1. The molecule has 2 aromatic carbocycles. The van der Waals surface area contributed by atoms with Crippen LogP contribution in [0.25, 0.3) is 21.8 Å². The topological polar surface area (TPSA) is 15.8 Å². The van der Waals surface area contributed by atoms with Crippen LogP contribution < -0.4 is 0 Å². The quantitative estimate of drug-likeness (QED) is 0.603. The molecule has 0 unspecified atom stereocenters. The van der Waals surface area contributed by atoms with Gasteiger partial charge >= 0.3 is 0 Å². The number of hydrogen-bond donors (Lipinski definition) is 1. The maximum absolute atomic E-state index is 3.42. The van der Waals surface area contributed by atoms with Crippen LogP contribution in [0.1, 0.15) is 0 Å². The molecule has 0 aliphatic carbocycles. The van der Waals surface area contributed by atoms with Gasteiger partial charge in [0, 0.05) is 26.7 Å². The van der Waals surface area contributed by atoms with Crippen molar-refractivity contribution in [3.63, 3.8) is 0 Å². The van der Waals surface area contributed by atoms with E-state index >= 15 is 0 Å². The maximum Gasteiger partial charge on any atom is 0.0465 e. The van der Waals surface area contributed by atoms with Crippen molar-refractivity contribution in [3.05, 3.63) is 42.5 Å². The molecule has 1 N–H and O–H groups in total. The number of H-pyrrole nitrogens is 1. The molecular weight excluding hydrogens is 202 g/mol. The average Bonchev–Trinajstić information content (AvgIpc) is 2.66. The molecule has 0 fully saturated rings. The molecule has 0 saturated carbocycles. The predicted molar refractivity (Wildman–Crippen MR) is 67.6 cm³/mol. The van der Waals surface area contributed by atoms with Gasteiger partial charge in [-0.25, -0.2) is 0 Å². The van der Waals surface area contributed by atoms with E-state index in [1.807, 2.05) is 0 Å². The predicted octanol–water partition coefficient (Wildman–Crippen LogP) is 4.04. The zero-order valence-electron chi connectivity index (χ0n) is 8.45. The van der Waals surface area contributed by atoms with E-state index in [-0.39, 0.29) is 0 Å². The SMILES string of the molecule is CSc1ccc2[nH]c3ccccc3c2c1. The molecule has 3 rings (SSSR count). The van der Waals surface area contributed by atoms with E-state index in [9.17, 15) is 0 Å². The standard InChI is InChI=1S/C13H11NS/c1-15-9-6-7-13-11(8-9)10-4-2-3-5-12(10)14-13/h2-8,14H,1H3. The van der Waals surface area contributed by atoms with Crippen molar-refractivity contribution in [1.82, 2.24) is 4.98 Å². The van der Waals surface area contributed by atoms with E-state index in [0.717, 1.165) is 0 Å². The number of hydrogen-bond acceptors (Lipinski definition) is 1. The van der Waals surface area contributed by atoms with Gasteiger partial charge in [-0.05, 0) is 30.5 Å². The lowest BCUT2D eigenvalue weighted by atomic mass is 10.1. The molecule has 0 bridgehead atoms. The molecule has 1 nitrogen and oxygen atoms in total. The first kappa shape index (κ1) is 8.86. The van der Waals surface area contributed by atoms with Gasteiger partial charge in [-0.3, -0.25) is 0 Å². The van der Waals surface area contributed by atoms with Gasteiger partial charge in [0.15, 0.2) is 0 Å². The van der Waals surface area contributed by atoms with E-state index in [0.29, 0.717) is 0 Å². The van der Waals surface area contributed by atoms with Crippen molar-refractivity contribution >= 4 is 33.6 Å². The Morgan fingerprint density at radius 1 is 0.933 bits per heavy atom. The summed E-state index contributed by atoms with van der Waals surface area (Å²) in [5.41, 5.74) is 2.43. The summed E-state index contributed by atoms with van der Waals surface area (Å²) >= 11 is 1.78. The Labute approximate surface area is 92.5 Å². The number of para-hydroxylation sites is 1. The third kappa shape index (κ3) is 1.33. The Hall–Kier alpha value is -1.41. The summed E-state index contributed by atoms with van der Waals surface area (Å²) in [5.74, 6) is 0. The van der Waals surface area contributed by atoms with E-state index in [2.05, 4.69) is 53.7 Å². The van der Waals surface area contributed by atoms with Gasteiger partial charge in [0.2, 0.25) is 0 Å². The number of aromatic amines is 1.